The average molecular weight is 442 g/mol. The van der Waals surface area contributed by atoms with Crippen LogP contribution in [-0.2, 0) is 28.9 Å². The van der Waals surface area contributed by atoms with Gasteiger partial charge in [0.05, 0.1) is 16.8 Å². The van der Waals surface area contributed by atoms with Crippen LogP contribution in [0.15, 0.2) is 36.4 Å². The summed E-state index contributed by atoms with van der Waals surface area (Å²) < 4.78 is 35.5. The largest absolute Gasteiger partial charge is 0.465 e. The van der Waals surface area contributed by atoms with Gasteiger partial charge < -0.3 is 14.6 Å². The van der Waals surface area contributed by atoms with Crippen molar-refractivity contribution in [3.8, 4) is 0 Å². The Morgan fingerprint density at radius 1 is 1.26 bits per heavy atom. The summed E-state index contributed by atoms with van der Waals surface area (Å²) in [6.45, 7) is 2.23. The molecule has 1 aliphatic rings. The van der Waals surface area contributed by atoms with E-state index in [-0.39, 0.29) is 30.2 Å². The Kier molecular flexibility index (Phi) is 5.09. The minimum atomic E-state index is -0.303. The van der Waals surface area contributed by atoms with Crippen molar-refractivity contribution in [2.24, 2.45) is 0 Å². The van der Waals surface area contributed by atoms with Gasteiger partial charge >= 0.3 is 5.97 Å². The van der Waals surface area contributed by atoms with Gasteiger partial charge in [-0.05, 0) is 62.1 Å². The molecular formula is C23H21F2N3O2S. The predicted octanol–water partition coefficient (Wildman–Crippen LogP) is 5.06. The lowest BCUT2D eigenvalue weighted by atomic mass is 9.91. The van der Waals surface area contributed by atoms with E-state index in [9.17, 15) is 13.6 Å². The fraction of sp³-hybridized carbons (Fsp3) is 0.304. The number of carbonyl (C=O) groups is 1. The van der Waals surface area contributed by atoms with E-state index in [2.05, 4.69) is 10.3 Å². The van der Waals surface area contributed by atoms with E-state index in [0.29, 0.717) is 18.5 Å². The van der Waals surface area contributed by atoms with Gasteiger partial charge in [-0.2, -0.15) is 0 Å². The summed E-state index contributed by atoms with van der Waals surface area (Å²) in [5, 5.41) is 5.05. The SMILES string of the molecule is CCOC(=O)Cn1c2c(c3cc(F)ccc31)C[C@@H](Nc1nc3cc(F)ccc3s1)CC2. The molecular weight excluding hydrogens is 420 g/mol. The summed E-state index contributed by atoms with van der Waals surface area (Å²) in [6.07, 6.45) is 2.29. The Morgan fingerprint density at radius 2 is 2.06 bits per heavy atom. The zero-order valence-electron chi connectivity index (χ0n) is 17.0. The first-order chi connectivity index (χ1) is 15.0. The molecule has 2 heterocycles. The number of thiazole rings is 1. The maximum Gasteiger partial charge on any atom is 0.325 e. The first-order valence-corrected chi connectivity index (χ1v) is 11.1. The van der Waals surface area contributed by atoms with Crippen LogP contribution in [0.4, 0.5) is 13.9 Å². The highest BCUT2D eigenvalue weighted by Gasteiger charge is 2.27. The monoisotopic (exact) mass is 441 g/mol. The molecule has 5 nitrogen and oxygen atoms in total. The summed E-state index contributed by atoms with van der Waals surface area (Å²) in [5.41, 5.74) is 3.58. The van der Waals surface area contributed by atoms with Crippen LogP contribution in [0.25, 0.3) is 21.1 Å². The molecule has 0 unspecified atom stereocenters. The van der Waals surface area contributed by atoms with Crippen LogP contribution in [-0.4, -0.2) is 28.2 Å². The minimum Gasteiger partial charge on any atom is -0.465 e. The molecule has 0 bridgehead atoms. The van der Waals surface area contributed by atoms with Crippen LogP contribution in [0, 0.1) is 11.6 Å². The van der Waals surface area contributed by atoms with Crippen molar-refractivity contribution in [1.82, 2.24) is 9.55 Å². The van der Waals surface area contributed by atoms with Crippen molar-refractivity contribution < 1.29 is 18.3 Å². The van der Waals surface area contributed by atoms with Crippen molar-refractivity contribution in [2.45, 2.75) is 38.8 Å². The summed E-state index contributed by atoms with van der Waals surface area (Å²) in [7, 11) is 0. The third kappa shape index (κ3) is 3.76. The summed E-state index contributed by atoms with van der Waals surface area (Å²) in [6, 6.07) is 9.41. The van der Waals surface area contributed by atoms with Gasteiger partial charge in [0.15, 0.2) is 5.13 Å². The van der Waals surface area contributed by atoms with Crippen LogP contribution < -0.4 is 5.32 Å². The van der Waals surface area contributed by atoms with Crippen LogP contribution >= 0.6 is 11.3 Å². The molecule has 160 valence electrons. The lowest BCUT2D eigenvalue weighted by molar-refractivity contribution is -0.143. The number of anilines is 1. The molecule has 0 fully saturated rings. The number of rotatable bonds is 5. The lowest BCUT2D eigenvalue weighted by Crippen LogP contribution is -2.28. The molecule has 2 aromatic heterocycles. The number of hydrogen-bond donors (Lipinski definition) is 1. The Labute approximate surface area is 181 Å². The normalized spacial score (nSPS) is 15.9. The molecule has 31 heavy (non-hydrogen) atoms. The van der Waals surface area contributed by atoms with E-state index in [0.717, 1.165) is 44.8 Å². The number of ether oxygens (including phenoxy) is 1. The quantitative estimate of drug-likeness (QED) is 0.440. The fourth-order valence-corrected chi connectivity index (χ4v) is 5.32. The van der Waals surface area contributed by atoms with Crippen molar-refractivity contribution in [3.05, 3.63) is 59.3 Å². The number of halogens is 2. The zero-order chi connectivity index (χ0) is 21.5. The molecule has 2 aromatic carbocycles. The highest BCUT2D eigenvalue weighted by atomic mass is 32.1. The number of nitrogens with one attached hydrogen (secondary N) is 1. The van der Waals surface area contributed by atoms with E-state index in [1.165, 1.54) is 29.5 Å². The standard InChI is InChI=1S/C23H21F2N3O2S/c1-2-30-22(29)12-28-19-6-3-13(24)9-16(19)17-11-15(5-7-20(17)28)26-23-27-18-10-14(25)4-8-21(18)31-23/h3-4,6,8-10,15H,2,5,7,11-12H2,1H3,(H,26,27)/t15-/m0/s1. The molecule has 0 amide bonds. The number of carbonyl (C=O) groups excluding carboxylic acids is 1. The number of nitrogens with zero attached hydrogens (tertiary/aromatic N) is 2. The molecule has 1 N–H and O–H groups in total. The Bertz CT molecular complexity index is 1300. The summed E-state index contributed by atoms with van der Waals surface area (Å²) in [5.74, 6) is -0.900. The van der Waals surface area contributed by atoms with Crippen molar-refractivity contribution in [1.29, 1.82) is 0 Å². The first-order valence-electron chi connectivity index (χ1n) is 10.3. The second kappa shape index (κ2) is 7.92. The molecule has 1 aliphatic carbocycles. The fourth-order valence-electron chi connectivity index (χ4n) is 4.40. The molecule has 1 atom stereocenters. The molecule has 0 saturated carbocycles. The van der Waals surface area contributed by atoms with Gasteiger partial charge in [0, 0.05) is 28.7 Å². The summed E-state index contributed by atoms with van der Waals surface area (Å²) >= 11 is 1.49. The average Bonchev–Trinajstić information content (AvgIpc) is 3.26. The van der Waals surface area contributed by atoms with Crippen LogP contribution in [0.1, 0.15) is 24.6 Å². The third-order valence-corrected chi connectivity index (χ3v) is 6.67. The van der Waals surface area contributed by atoms with E-state index >= 15 is 0 Å². The maximum absolute atomic E-state index is 14.0. The molecule has 0 saturated heterocycles. The number of hydrogen-bond acceptors (Lipinski definition) is 5. The predicted molar refractivity (Wildman–Crippen MR) is 118 cm³/mol. The molecule has 0 spiro atoms. The third-order valence-electron chi connectivity index (χ3n) is 5.70. The van der Waals surface area contributed by atoms with E-state index in [1.54, 1.807) is 25.1 Å². The van der Waals surface area contributed by atoms with Gasteiger partial charge in [-0.15, -0.1) is 0 Å². The zero-order valence-corrected chi connectivity index (χ0v) is 17.8. The van der Waals surface area contributed by atoms with Crippen LogP contribution in [0.2, 0.25) is 0 Å². The Morgan fingerprint density at radius 3 is 2.90 bits per heavy atom. The molecule has 5 rings (SSSR count). The second-order valence-electron chi connectivity index (χ2n) is 7.69. The van der Waals surface area contributed by atoms with Crippen LogP contribution in [0.5, 0.6) is 0 Å². The van der Waals surface area contributed by atoms with Crippen molar-refractivity contribution in [3.63, 3.8) is 0 Å². The van der Waals surface area contributed by atoms with Crippen LogP contribution in [0.3, 0.4) is 0 Å². The maximum atomic E-state index is 14.0. The molecule has 4 aromatic rings. The van der Waals surface area contributed by atoms with E-state index in [4.69, 9.17) is 4.74 Å². The second-order valence-corrected chi connectivity index (χ2v) is 8.72. The summed E-state index contributed by atoms with van der Waals surface area (Å²) in [4.78, 5) is 16.7. The number of benzene rings is 2. The highest BCUT2D eigenvalue weighted by molar-refractivity contribution is 7.22. The lowest BCUT2D eigenvalue weighted by Gasteiger charge is -2.24. The molecule has 0 radical (unpaired) electrons. The highest BCUT2D eigenvalue weighted by Crippen LogP contribution is 2.35. The van der Waals surface area contributed by atoms with Gasteiger partial charge in [-0.25, -0.2) is 13.8 Å². The van der Waals surface area contributed by atoms with E-state index < -0.39 is 0 Å². The molecule has 0 aliphatic heterocycles. The Hall–Kier alpha value is -3.00. The van der Waals surface area contributed by atoms with Gasteiger partial charge in [0.2, 0.25) is 0 Å². The van der Waals surface area contributed by atoms with Crippen molar-refractivity contribution in [2.75, 3.05) is 11.9 Å². The Balaban J connectivity index is 1.46. The smallest absolute Gasteiger partial charge is 0.325 e. The van der Waals surface area contributed by atoms with Gasteiger partial charge in [-0.1, -0.05) is 11.3 Å². The van der Waals surface area contributed by atoms with E-state index in [1.807, 2.05) is 4.57 Å². The minimum absolute atomic E-state index is 0.114. The van der Waals surface area contributed by atoms with Crippen molar-refractivity contribution >= 4 is 43.6 Å². The topological polar surface area (TPSA) is 56.1 Å². The molecule has 8 heteroatoms. The number of fused-ring (bicyclic) bond motifs is 4. The number of esters is 1. The van der Waals surface area contributed by atoms with Gasteiger partial charge in [-0.3, -0.25) is 4.79 Å². The van der Waals surface area contributed by atoms with Gasteiger partial charge in [0.1, 0.15) is 18.2 Å². The number of aromatic nitrogens is 2. The van der Waals surface area contributed by atoms with Gasteiger partial charge in [0.25, 0.3) is 0 Å². The first kappa shape index (κ1) is 19.9.